The zero-order valence-corrected chi connectivity index (χ0v) is 34.6. The molecule has 1 atom stereocenters. The minimum absolute atomic E-state index is 0.188. The number of unbranched alkanes of at least 4 members (excludes halogenated alkanes) is 1. The van der Waals surface area contributed by atoms with Gasteiger partial charge in [-0.2, -0.15) is 0 Å². The average Bonchev–Trinajstić information content (AvgIpc) is 3.76. The predicted octanol–water partition coefficient (Wildman–Crippen LogP) is 9.54. The number of carbonyl (C=O) groups excluding carboxylic acids is 2. The van der Waals surface area contributed by atoms with Gasteiger partial charge in [0.05, 0.1) is 5.41 Å². The molecule has 60 heavy (non-hydrogen) atoms. The van der Waals surface area contributed by atoms with Crippen LogP contribution in [0.15, 0.2) is 152 Å². The van der Waals surface area contributed by atoms with Crippen LogP contribution in [0.1, 0.15) is 80.1 Å². The van der Waals surface area contributed by atoms with Gasteiger partial charge in [0.25, 0.3) is 0 Å². The number of tetrazole rings is 1. The summed E-state index contributed by atoms with van der Waals surface area (Å²) in [6.07, 6.45) is 3.58. The van der Waals surface area contributed by atoms with Gasteiger partial charge in [-0.25, -0.2) is 19.4 Å². The molecule has 7 rings (SSSR count). The summed E-state index contributed by atoms with van der Waals surface area (Å²) in [6.45, 7) is 9.97. The van der Waals surface area contributed by atoms with Crippen LogP contribution >= 0.6 is 0 Å². The quantitative estimate of drug-likeness (QED) is 0.0563. The lowest BCUT2D eigenvalue weighted by atomic mass is 9.77. The van der Waals surface area contributed by atoms with Crippen molar-refractivity contribution in [3.8, 4) is 22.5 Å². The zero-order chi connectivity index (χ0) is 42.1. The second-order valence-electron chi connectivity index (χ2n) is 15.6. The minimum atomic E-state index is -1.09. The molecule has 304 valence electrons. The Hall–Kier alpha value is -7.01. The predicted molar refractivity (Wildman–Crippen MR) is 232 cm³/mol. The van der Waals surface area contributed by atoms with Crippen LogP contribution in [-0.2, 0) is 26.4 Å². The second-order valence-corrected chi connectivity index (χ2v) is 15.6. The molecule has 2 aromatic heterocycles. The number of anilines is 1. The van der Waals surface area contributed by atoms with E-state index in [1.807, 2.05) is 71.4 Å². The fraction of sp³-hybridized carbons (Fsp3) is 0.245. The molecule has 0 aliphatic rings. The van der Waals surface area contributed by atoms with Crippen molar-refractivity contribution in [3.63, 3.8) is 0 Å². The smallest absolute Gasteiger partial charge is 0.346 e. The Morgan fingerprint density at radius 1 is 0.733 bits per heavy atom. The van der Waals surface area contributed by atoms with Crippen molar-refractivity contribution in [2.75, 3.05) is 11.4 Å². The van der Waals surface area contributed by atoms with E-state index in [1.54, 1.807) is 20.8 Å². The summed E-state index contributed by atoms with van der Waals surface area (Å²) in [5.74, 6) is -0.0898. The van der Waals surface area contributed by atoms with Crippen LogP contribution in [-0.4, -0.2) is 54.9 Å². The van der Waals surface area contributed by atoms with E-state index >= 15 is 0 Å². The van der Waals surface area contributed by atoms with Crippen molar-refractivity contribution in [2.45, 2.75) is 65.8 Å². The number of ether oxygens (including phenoxy) is 2. The van der Waals surface area contributed by atoms with E-state index in [9.17, 15) is 9.59 Å². The molecular formula is C49H49N7O4. The molecule has 11 nitrogen and oxygen atoms in total. The molecular weight excluding hydrogens is 751 g/mol. The Morgan fingerprint density at radius 2 is 1.30 bits per heavy atom. The molecule has 0 saturated carbocycles. The fourth-order valence-electron chi connectivity index (χ4n) is 7.32. The molecule has 0 aliphatic carbocycles. The molecule has 0 bridgehead atoms. The van der Waals surface area contributed by atoms with Gasteiger partial charge < -0.3 is 14.4 Å². The highest BCUT2D eigenvalue weighted by Crippen LogP contribution is 2.43. The van der Waals surface area contributed by atoms with Gasteiger partial charge in [0, 0.05) is 31.8 Å². The van der Waals surface area contributed by atoms with Gasteiger partial charge in [-0.15, -0.1) is 5.10 Å². The first-order chi connectivity index (χ1) is 29.1. The van der Waals surface area contributed by atoms with Gasteiger partial charge >= 0.3 is 11.9 Å². The van der Waals surface area contributed by atoms with E-state index in [0.717, 1.165) is 51.8 Å². The van der Waals surface area contributed by atoms with Crippen LogP contribution in [0.2, 0.25) is 0 Å². The lowest BCUT2D eigenvalue weighted by Gasteiger charge is -2.36. The van der Waals surface area contributed by atoms with Crippen molar-refractivity contribution in [1.82, 2.24) is 30.2 Å². The number of benzene rings is 5. The maximum absolute atomic E-state index is 13.5. The molecule has 0 saturated heterocycles. The van der Waals surface area contributed by atoms with Crippen molar-refractivity contribution in [2.24, 2.45) is 5.41 Å². The third-order valence-corrected chi connectivity index (χ3v) is 10.3. The van der Waals surface area contributed by atoms with Crippen LogP contribution in [0.3, 0.4) is 0 Å². The van der Waals surface area contributed by atoms with Gasteiger partial charge in [-0.1, -0.05) is 153 Å². The molecule has 0 spiro atoms. The number of nitrogens with zero attached hydrogens (tertiary/aromatic N) is 7. The second kappa shape index (κ2) is 18.3. The minimum Gasteiger partial charge on any atom is -0.425 e. The molecule has 0 fully saturated rings. The average molecular weight is 800 g/mol. The maximum atomic E-state index is 13.5. The number of hydrogen-bond donors (Lipinski definition) is 0. The summed E-state index contributed by atoms with van der Waals surface area (Å²) < 4.78 is 12.9. The Balaban J connectivity index is 1.22. The molecule has 7 aromatic rings. The maximum Gasteiger partial charge on any atom is 0.346 e. The highest BCUT2D eigenvalue weighted by Gasteiger charge is 2.42. The van der Waals surface area contributed by atoms with Crippen molar-refractivity contribution in [3.05, 3.63) is 180 Å². The molecule has 0 N–H and O–H groups in total. The molecule has 11 heteroatoms. The van der Waals surface area contributed by atoms with E-state index in [-0.39, 0.29) is 5.56 Å². The van der Waals surface area contributed by atoms with Gasteiger partial charge in [-0.3, -0.25) is 4.79 Å². The standard InChI is InChI=1S/C49H49N7O4/c1-6-7-31-55(44-43(32-50-34-51-44)46(57)59-35(2)60-47(58)48(3,4)5)33-36-27-29-37(30-28-36)41-25-17-18-26-42(41)45-52-53-54-56(45)49(38-19-11-8-12-20-38,39-21-13-9-14-22-39)40-23-15-10-16-24-40/h8-30,32,34-35H,6-7,31,33H2,1-5H3. The van der Waals surface area contributed by atoms with Gasteiger partial charge in [0.2, 0.25) is 6.29 Å². The lowest BCUT2D eigenvalue weighted by molar-refractivity contribution is -0.174. The third kappa shape index (κ3) is 8.70. The SMILES string of the molecule is CCCCN(Cc1ccc(-c2ccccc2-c2nnnn2C(c2ccccc2)(c2ccccc2)c2ccccc2)cc1)c1ncncc1C(=O)OC(C)OC(=O)C(C)(C)C. The molecule has 2 heterocycles. The van der Waals surface area contributed by atoms with Gasteiger partial charge in [-0.05, 0) is 71.0 Å². The van der Waals surface area contributed by atoms with Crippen LogP contribution in [0.4, 0.5) is 5.82 Å². The van der Waals surface area contributed by atoms with Crippen LogP contribution in [0, 0.1) is 5.41 Å². The van der Waals surface area contributed by atoms with Crippen molar-refractivity contribution < 1.29 is 19.1 Å². The lowest BCUT2D eigenvalue weighted by Crippen LogP contribution is -2.39. The Labute approximate surface area is 351 Å². The topological polar surface area (TPSA) is 125 Å². The highest BCUT2D eigenvalue weighted by molar-refractivity contribution is 5.94. The highest BCUT2D eigenvalue weighted by atomic mass is 16.7. The summed E-state index contributed by atoms with van der Waals surface area (Å²) in [5, 5.41) is 13.8. The van der Waals surface area contributed by atoms with Crippen LogP contribution in [0.5, 0.6) is 0 Å². The molecule has 1 unspecified atom stereocenters. The van der Waals surface area contributed by atoms with E-state index < -0.39 is 29.2 Å². The number of hydrogen-bond acceptors (Lipinski definition) is 10. The van der Waals surface area contributed by atoms with Gasteiger partial charge in [0.1, 0.15) is 23.2 Å². The third-order valence-electron chi connectivity index (χ3n) is 10.3. The first kappa shape index (κ1) is 41.2. The summed E-state index contributed by atoms with van der Waals surface area (Å²) in [6, 6.07) is 47.6. The molecule has 0 radical (unpaired) electrons. The Kier molecular flexibility index (Phi) is 12.5. The Morgan fingerprint density at radius 3 is 1.87 bits per heavy atom. The number of aromatic nitrogens is 6. The van der Waals surface area contributed by atoms with Crippen LogP contribution in [0.25, 0.3) is 22.5 Å². The monoisotopic (exact) mass is 799 g/mol. The molecule has 5 aromatic carbocycles. The first-order valence-corrected chi connectivity index (χ1v) is 20.2. The normalized spacial score (nSPS) is 12.1. The Bertz CT molecular complexity index is 2410. The van der Waals surface area contributed by atoms with Gasteiger partial charge in [0.15, 0.2) is 5.82 Å². The van der Waals surface area contributed by atoms with E-state index in [2.05, 4.69) is 99.8 Å². The zero-order valence-electron chi connectivity index (χ0n) is 34.6. The van der Waals surface area contributed by atoms with E-state index in [0.29, 0.717) is 24.7 Å². The molecule has 0 aliphatic heterocycles. The van der Waals surface area contributed by atoms with E-state index in [1.165, 1.54) is 19.4 Å². The number of rotatable bonds is 15. The first-order valence-electron chi connectivity index (χ1n) is 20.2. The van der Waals surface area contributed by atoms with E-state index in [4.69, 9.17) is 19.8 Å². The van der Waals surface area contributed by atoms with Crippen molar-refractivity contribution in [1.29, 1.82) is 0 Å². The number of esters is 2. The fourth-order valence-corrected chi connectivity index (χ4v) is 7.32. The van der Waals surface area contributed by atoms with Crippen LogP contribution < -0.4 is 4.90 Å². The summed E-state index contributed by atoms with van der Waals surface area (Å²) >= 11 is 0. The largest absolute Gasteiger partial charge is 0.425 e. The summed E-state index contributed by atoms with van der Waals surface area (Å²) in [5.41, 5.74) is 5.43. The summed E-state index contributed by atoms with van der Waals surface area (Å²) in [7, 11) is 0. The van der Waals surface area contributed by atoms with Crippen molar-refractivity contribution >= 4 is 17.8 Å². The molecule has 0 amide bonds. The number of carbonyl (C=O) groups is 2. The summed E-state index contributed by atoms with van der Waals surface area (Å²) in [4.78, 5) is 36.6.